The summed E-state index contributed by atoms with van der Waals surface area (Å²) in [5.74, 6) is 1.01. The zero-order valence-electron chi connectivity index (χ0n) is 17.5. The van der Waals surface area contributed by atoms with Crippen LogP contribution in [0.15, 0.2) is 82.3 Å². The lowest BCUT2D eigenvalue weighted by atomic mass is 10.1. The Morgan fingerprint density at radius 2 is 1.74 bits per heavy atom. The minimum absolute atomic E-state index is 0.0210. The molecular weight excluding hydrogens is 449 g/mol. The van der Waals surface area contributed by atoms with E-state index in [0.717, 1.165) is 22.9 Å². The van der Waals surface area contributed by atoms with E-state index in [1.54, 1.807) is 0 Å². The van der Waals surface area contributed by atoms with Crippen LogP contribution in [0.25, 0.3) is 22.1 Å². The zero-order chi connectivity index (χ0) is 23.7. The quantitative estimate of drug-likeness (QED) is 0.323. The number of alkyl halides is 3. The third kappa shape index (κ3) is 4.45. The number of hydrazone groups is 1. The van der Waals surface area contributed by atoms with Gasteiger partial charge in [0.1, 0.15) is 18.1 Å². The molecule has 5 rings (SSSR count). The average molecular weight is 466 g/mol. The number of benzene rings is 3. The molecular formula is C25H17F3N2O4. The number of carbonyl (C=O) groups is 1. The number of fused-ring (bicyclic) bond motifs is 2. The van der Waals surface area contributed by atoms with Gasteiger partial charge in [-0.25, -0.2) is 5.43 Å². The Labute approximate surface area is 191 Å². The van der Waals surface area contributed by atoms with E-state index < -0.39 is 23.8 Å². The molecule has 0 spiro atoms. The Bertz CT molecular complexity index is 1390. The van der Waals surface area contributed by atoms with Crippen LogP contribution in [-0.2, 0) is 11.0 Å². The molecule has 1 amide bonds. The molecule has 1 aromatic heterocycles. The molecule has 1 aliphatic rings. The number of furan rings is 1. The molecule has 0 aliphatic carbocycles. The van der Waals surface area contributed by atoms with Crippen LogP contribution in [-0.4, -0.2) is 24.8 Å². The Hall–Kier alpha value is -4.27. The van der Waals surface area contributed by atoms with Crippen molar-refractivity contribution >= 4 is 22.9 Å². The molecule has 0 saturated carbocycles. The van der Waals surface area contributed by atoms with E-state index in [0.29, 0.717) is 11.5 Å². The number of carbonyl (C=O) groups excluding carboxylic acids is 1. The fraction of sp³-hybridized carbons (Fsp3) is 0.120. The Kier molecular flexibility index (Phi) is 5.45. The smallest absolute Gasteiger partial charge is 0.416 e. The highest BCUT2D eigenvalue weighted by Crippen LogP contribution is 2.36. The maximum atomic E-state index is 12.9. The lowest BCUT2D eigenvalue weighted by Crippen LogP contribution is -2.42. The molecule has 1 N–H and O–H groups in total. The fourth-order valence-corrected chi connectivity index (χ4v) is 3.54. The molecule has 172 valence electrons. The highest BCUT2D eigenvalue weighted by Gasteiger charge is 2.31. The largest absolute Gasteiger partial charge is 0.485 e. The highest BCUT2D eigenvalue weighted by atomic mass is 19.4. The number of ether oxygens (including phenoxy) is 2. The number of amides is 1. The van der Waals surface area contributed by atoms with Crippen LogP contribution in [0.2, 0.25) is 0 Å². The van der Waals surface area contributed by atoms with Crippen molar-refractivity contribution in [3.05, 3.63) is 84.1 Å². The average Bonchev–Trinajstić information content (AvgIpc) is 3.31. The van der Waals surface area contributed by atoms with E-state index in [1.807, 2.05) is 36.4 Å². The summed E-state index contributed by atoms with van der Waals surface area (Å²) in [6, 6.07) is 19.3. The van der Waals surface area contributed by atoms with Gasteiger partial charge in [0.05, 0.1) is 11.8 Å². The van der Waals surface area contributed by atoms with Crippen LogP contribution < -0.4 is 14.9 Å². The van der Waals surface area contributed by atoms with E-state index in [1.165, 1.54) is 30.5 Å². The van der Waals surface area contributed by atoms with Crippen LogP contribution in [0.3, 0.4) is 0 Å². The van der Waals surface area contributed by atoms with Crippen LogP contribution in [0, 0.1) is 0 Å². The second-order valence-electron chi connectivity index (χ2n) is 7.58. The zero-order valence-corrected chi connectivity index (χ0v) is 17.5. The number of rotatable bonds is 4. The molecule has 0 radical (unpaired) electrons. The van der Waals surface area contributed by atoms with Gasteiger partial charge in [0.25, 0.3) is 5.91 Å². The maximum Gasteiger partial charge on any atom is 0.416 e. The van der Waals surface area contributed by atoms with Crippen molar-refractivity contribution in [1.29, 1.82) is 0 Å². The van der Waals surface area contributed by atoms with Gasteiger partial charge in [-0.1, -0.05) is 36.4 Å². The number of halogens is 3. The van der Waals surface area contributed by atoms with Gasteiger partial charge in [0.2, 0.25) is 6.10 Å². The minimum Gasteiger partial charge on any atom is -0.485 e. The van der Waals surface area contributed by atoms with Gasteiger partial charge in [0.15, 0.2) is 11.5 Å². The molecule has 0 bridgehead atoms. The molecule has 2 heterocycles. The second-order valence-corrected chi connectivity index (χ2v) is 7.58. The minimum atomic E-state index is -4.45. The third-order valence-corrected chi connectivity index (χ3v) is 5.23. The summed E-state index contributed by atoms with van der Waals surface area (Å²) in [4.78, 5) is 12.5. The normalized spacial score (nSPS) is 15.6. The molecule has 9 heteroatoms. The predicted molar refractivity (Wildman–Crippen MR) is 119 cm³/mol. The Morgan fingerprint density at radius 3 is 2.50 bits per heavy atom. The van der Waals surface area contributed by atoms with Gasteiger partial charge in [-0.3, -0.25) is 4.79 Å². The topological polar surface area (TPSA) is 73.1 Å². The maximum absolute atomic E-state index is 12.9. The summed E-state index contributed by atoms with van der Waals surface area (Å²) in [5.41, 5.74) is 1.87. The number of hydrogen-bond acceptors (Lipinski definition) is 5. The summed E-state index contributed by atoms with van der Waals surface area (Å²) in [6.45, 7) is 0.0210. The van der Waals surface area contributed by atoms with Crippen molar-refractivity contribution in [1.82, 2.24) is 5.43 Å². The first-order valence-corrected chi connectivity index (χ1v) is 10.3. The standard InChI is InChI=1S/C25H17F3N2O4/c26-25(27,28)18-7-3-6-17(10-18)20-9-8-19(33-20)13-29-30-24(31)23-14-32-21-11-15-4-1-2-5-16(15)12-22(21)34-23/h1-13,23H,14H2,(H,30,31)/b29-13+/t23-/m1/s1. The van der Waals surface area contributed by atoms with Crippen molar-refractivity contribution in [2.24, 2.45) is 5.10 Å². The highest BCUT2D eigenvalue weighted by molar-refractivity contribution is 5.87. The SMILES string of the molecule is O=C(N/N=C/c1ccc(-c2cccc(C(F)(F)F)c2)o1)[C@H]1COc2cc3ccccc3cc2O1. The summed E-state index contributed by atoms with van der Waals surface area (Å²) in [7, 11) is 0. The first kappa shape index (κ1) is 21.6. The van der Waals surface area contributed by atoms with Gasteiger partial charge in [-0.15, -0.1) is 0 Å². The molecule has 1 atom stereocenters. The van der Waals surface area contributed by atoms with Crippen molar-refractivity contribution in [2.45, 2.75) is 12.3 Å². The van der Waals surface area contributed by atoms with E-state index in [9.17, 15) is 18.0 Å². The predicted octanol–water partition coefficient (Wildman–Crippen LogP) is 5.41. The van der Waals surface area contributed by atoms with Crippen LogP contribution in [0.4, 0.5) is 13.2 Å². The molecule has 0 fully saturated rings. The third-order valence-electron chi connectivity index (χ3n) is 5.23. The van der Waals surface area contributed by atoms with E-state index in [2.05, 4.69) is 10.5 Å². The first-order chi connectivity index (χ1) is 16.4. The molecule has 0 saturated heterocycles. The van der Waals surface area contributed by atoms with Gasteiger partial charge in [-0.2, -0.15) is 18.3 Å². The van der Waals surface area contributed by atoms with Crippen molar-refractivity contribution < 1.29 is 31.9 Å². The van der Waals surface area contributed by atoms with Crippen molar-refractivity contribution in [2.75, 3.05) is 6.61 Å². The van der Waals surface area contributed by atoms with Crippen LogP contribution in [0.5, 0.6) is 11.5 Å². The number of nitrogens with one attached hydrogen (secondary N) is 1. The summed E-state index contributed by atoms with van der Waals surface area (Å²) in [5, 5.41) is 5.81. The Morgan fingerprint density at radius 1 is 0.971 bits per heavy atom. The van der Waals surface area contributed by atoms with E-state index in [-0.39, 0.29) is 23.7 Å². The summed E-state index contributed by atoms with van der Waals surface area (Å²) >= 11 is 0. The second kappa shape index (κ2) is 8.58. The lowest BCUT2D eigenvalue weighted by molar-refractivity contribution is -0.137. The van der Waals surface area contributed by atoms with Crippen molar-refractivity contribution in [3.8, 4) is 22.8 Å². The molecule has 3 aromatic carbocycles. The van der Waals surface area contributed by atoms with Gasteiger partial charge in [0, 0.05) is 5.56 Å². The number of hydrogen-bond donors (Lipinski definition) is 1. The summed E-state index contributed by atoms with van der Waals surface area (Å²) in [6.07, 6.45) is -4.10. The molecule has 6 nitrogen and oxygen atoms in total. The van der Waals surface area contributed by atoms with Gasteiger partial charge in [-0.05, 0) is 47.2 Å². The van der Waals surface area contributed by atoms with Crippen molar-refractivity contribution in [3.63, 3.8) is 0 Å². The summed E-state index contributed by atoms with van der Waals surface area (Å²) < 4.78 is 55.8. The number of nitrogens with zero attached hydrogens (tertiary/aromatic N) is 1. The lowest BCUT2D eigenvalue weighted by Gasteiger charge is -2.25. The first-order valence-electron chi connectivity index (χ1n) is 10.3. The van der Waals surface area contributed by atoms with Crippen LogP contribution >= 0.6 is 0 Å². The van der Waals surface area contributed by atoms with E-state index >= 15 is 0 Å². The Balaban J connectivity index is 1.23. The monoisotopic (exact) mass is 466 g/mol. The molecule has 34 heavy (non-hydrogen) atoms. The molecule has 0 unspecified atom stereocenters. The molecule has 1 aliphatic heterocycles. The molecule has 4 aromatic rings. The van der Waals surface area contributed by atoms with Gasteiger partial charge < -0.3 is 13.9 Å². The van der Waals surface area contributed by atoms with Gasteiger partial charge >= 0.3 is 6.18 Å². The van der Waals surface area contributed by atoms with E-state index in [4.69, 9.17) is 13.9 Å². The fourth-order valence-electron chi connectivity index (χ4n) is 3.54. The van der Waals surface area contributed by atoms with Crippen LogP contribution in [0.1, 0.15) is 11.3 Å².